The van der Waals surface area contributed by atoms with Crippen LogP contribution in [0, 0.1) is 0 Å². The fourth-order valence-electron chi connectivity index (χ4n) is 1.03. The Morgan fingerprint density at radius 3 is 2.75 bits per heavy atom. The number of halogens is 1. The number of hydrogen-bond acceptors (Lipinski definition) is 2. The molecule has 0 fully saturated rings. The van der Waals surface area contributed by atoms with Gasteiger partial charge in [-0.3, -0.25) is 0 Å². The fraction of sp³-hybridized carbons (Fsp3) is 0.556. The highest BCUT2D eigenvalue weighted by atomic mass is 79.9. The maximum absolute atomic E-state index is 5.48. The van der Waals surface area contributed by atoms with Crippen LogP contribution in [0.1, 0.15) is 18.4 Å². The summed E-state index contributed by atoms with van der Waals surface area (Å²) in [6.07, 6.45) is 0.920. The Labute approximate surface area is 81.0 Å². The van der Waals surface area contributed by atoms with Crippen LogP contribution in [0.25, 0.3) is 0 Å². The summed E-state index contributed by atoms with van der Waals surface area (Å²) in [5.41, 5.74) is 0. The van der Waals surface area contributed by atoms with Gasteiger partial charge in [-0.2, -0.15) is 0 Å². The summed E-state index contributed by atoms with van der Waals surface area (Å²) in [4.78, 5) is 0.457. The van der Waals surface area contributed by atoms with Crippen LogP contribution < -0.4 is 0 Å². The molecular formula is C9H13BrO2. The first-order valence-corrected chi connectivity index (χ1v) is 4.84. The fourth-order valence-corrected chi connectivity index (χ4v) is 1.35. The molecule has 1 aromatic rings. The van der Waals surface area contributed by atoms with Gasteiger partial charge in [-0.15, -0.1) is 0 Å². The van der Waals surface area contributed by atoms with Gasteiger partial charge in [0.1, 0.15) is 18.1 Å². The summed E-state index contributed by atoms with van der Waals surface area (Å²) >= 11 is 3.47. The molecule has 0 aromatic carbocycles. The van der Waals surface area contributed by atoms with E-state index in [9.17, 15) is 0 Å². The van der Waals surface area contributed by atoms with Crippen molar-refractivity contribution in [2.45, 2.75) is 24.8 Å². The van der Waals surface area contributed by atoms with E-state index >= 15 is 0 Å². The summed E-state index contributed by atoms with van der Waals surface area (Å²) in [6, 6.07) is 3.94. The average molecular weight is 233 g/mol. The third-order valence-electron chi connectivity index (χ3n) is 1.49. The van der Waals surface area contributed by atoms with Gasteiger partial charge in [-0.25, -0.2) is 0 Å². The van der Waals surface area contributed by atoms with Crippen molar-refractivity contribution in [2.75, 3.05) is 7.11 Å². The quantitative estimate of drug-likeness (QED) is 0.746. The molecule has 68 valence electrons. The van der Waals surface area contributed by atoms with Crippen LogP contribution in [0.4, 0.5) is 0 Å². The standard InChI is InChI=1S/C9H13BrO2/c1-7(10)5-8-3-4-9(12-8)6-11-2/h3-4,7H,5-6H2,1-2H3. The highest BCUT2D eigenvalue weighted by Crippen LogP contribution is 2.13. The number of alkyl halides is 1. The molecular weight excluding hydrogens is 220 g/mol. The predicted octanol–water partition coefficient (Wildman–Crippen LogP) is 2.75. The monoisotopic (exact) mass is 232 g/mol. The molecule has 1 aromatic heterocycles. The molecule has 1 rings (SSSR count). The molecule has 0 saturated carbocycles. The molecule has 0 spiro atoms. The van der Waals surface area contributed by atoms with Gasteiger partial charge in [0.25, 0.3) is 0 Å². The Morgan fingerprint density at radius 1 is 1.50 bits per heavy atom. The molecule has 1 heterocycles. The molecule has 0 aliphatic rings. The van der Waals surface area contributed by atoms with Crippen molar-refractivity contribution < 1.29 is 9.15 Å². The van der Waals surface area contributed by atoms with Crippen LogP contribution in [0.5, 0.6) is 0 Å². The van der Waals surface area contributed by atoms with Gasteiger partial charge in [0.05, 0.1) is 0 Å². The molecule has 12 heavy (non-hydrogen) atoms. The maximum atomic E-state index is 5.48. The zero-order valence-electron chi connectivity index (χ0n) is 7.34. The van der Waals surface area contributed by atoms with Crippen molar-refractivity contribution >= 4 is 15.9 Å². The van der Waals surface area contributed by atoms with Crippen molar-refractivity contribution in [1.29, 1.82) is 0 Å². The molecule has 1 unspecified atom stereocenters. The first-order chi connectivity index (χ1) is 5.72. The van der Waals surface area contributed by atoms with Crippen molar-refractivity contribution in [1.82, 2.24) is 0 Å². The zero-order chi connectivity index (χ0) is 8.97. The third-order valence-corrected chi connectivity index (χ3v) is 1.81. The summed E-state index contributed by atoms with van der Waals surface area (Å²) in [5, 5.41) is 0. The summed E-state index contributed by atoms with van der Waals surface area (Å²) in [5.74, 6) is 1.90. The predicted molar refractivity (Wildman–Crippen MR) is 51.5 cm³/mol. The first-order valence-electron chi connectivity index (χ1n) is 3.93. The summed E-state index contributed by atoms with van der Waals surface area (Å²) in [7, 11) is 1.66. The Balaban J connectivity index is 2.52. The molecule has 0 aliphatic carbocycles. The summed E-state index contributed by atoms with van der Waals surface area (Å²) in [6.45, 7) is 2.65. The smallest absolute Gasteiger partial charge is 0.129 e. The molecule has 1 atom stereocenters. The lowest BCUT2D eigenvalue weighted by Gasteiger charge is -1.98. The number of rotatable bonds is 4. The van der Waals surface area contributed by atoms with Crippen molar-refractivity contribution in [3.05, 3.63) is 23.7 Å². The minimum absolute atomic E-state index is 0.457. The van der Waals surface area contributed by atoms with E-state index in [1.807, 2.05) is 12.1 Å². The van der Waals surface area contributed by atoms with Gasteiger partial charge in [-0.1, -0.05) is 22.9 Å². The lowest BCUT2D eigenvalue weighted by molar-refractivity contribution is 0.162. The van der Waals surface area contributed by atoms with E-state index in [1.54, 1.807) is 7.11 Å². The number of hydrogen-bond donors (Lipinski definition) is 0. The lowest BCUT2D eigenvalue weighted by atomic mass is 10.3. The van der Waals surface area contributed by atoms with Gasteiger partial charge in [0, 0.05) is 18.4 Å². The van der Waals surface area contributed by atoms with E-state index in [-0.39, 0.29) is 0 Å². The van der Waals surface area contributed by atoms with E-state index in [0.29, 0.717) is 11.4 Å². The molecule has 0 aliphatic heterocycles. The van der Waals surface area contributed by atoms with Crippen LogP contribution in [0.3, 0.4) is 0 Å². The lowest BCUT2D eigenvalue weighted by Crippen LogP contribution is -1.93. The second-order valence-corrected chi connectivity index (χ2v) is 4.35. The van der Waals surface area contributed by atoms with Gasteiger partial charge < -0.3 is 9.15 Å². The molecule has 3 heteroatoms. The minimum Gasteiger partial charge on any atom is -0.464 e. The van der Waals surface area contributed by atoms with E-state index in [1.165, 1.54) is 0 Å². The third kappa shape index (κ3) is 2.99. The minimum atomic E-state index is 0.457. The van der Waals surface area contributed by atoms with Gasteiger partial charge in [0.2, 0.25) is 0 Å². The number of ether oxygens (including phenoxy) is 1. The van der Waals surface area contributed by atoms with Crippen molar-refractivity contribution in [3.63, 3.8) is 0 Å². The number of furan rings is 1. The van der Waals surface area contributed by atoms with Gasteiger partial charge >= 0.3 is 0 Å². The van der Waals surface area contributed by atoms with Crippen LogP contribution in [-0.4, -0.2) is 11.9 Å². The van der Waals surface area contributed by atoms with Crippen molar-refractivity contribution in [2.24, 2.45) is 0 Å². The molecule has 0 radical (unpaired) electrons. The zero-order valence-corrected chi connectivity index (χ0v) is 8.93. The first kappa shape index (κ1) is 9.81. The Bertz CT molecular complexity index is 230. The Kier molecular flexibility index (Phi) is 3.82. The molecule has 0 N–H and O–H groups in total. The molecule has 0 bridgehead atoms. The van der Waals surface area contributed by atoms with E-state index in [4.69, 9.17) is 9.15 Å². The van der Waals surface area contributed by atoms with E-state index in [2.05, 4.69) is 22.9 Å². The average Bonchev–Trinajstić information content (AvgIpc) is 2.36. The van der Waals surface area contributed by atoms with Gasteiger partial charge in [-0.05, 0) is 12.1 Å². The van der Waals surface area contributed by atoms with Crippen LogP contribution >= 0.6 is 15.9 Å². The van der Waals surface area contributed by atoms with E-state index < -0.39 is 0 Å². The maximum Gasteiger partial charge on any atom is 0.129 e. The Hall–Kier alpha value is -0.280. The topological polar surface area (TPSA) is 22.4 Å². The van der Waals surface area contributed by atoms with Crippen LogP contribution in [-0.2, 0) is 17.8 Å². The summed E-state index contributed by atoms with van der Waals surface area (Å²) < 4.78 is 10.4. The van der Waals surface area contributed by atoms with Gasteiger partial charge in [0.15, 0.2) is 0 Å². The largest absolute Gasteiger partial charge is 0.464 e. The normalized spacial score (nSPS) is 13.2. The highest BCUT2D eigenvalue weighted by molar-refractivity contribution is 9.09. The Morgan fingerprint density at radius 2 is 2.17 bits per heavy atom. The second-order valence-electron chi connectivity index (χ2n) is 2.79. The molecule has 0 saturated heterocycles. The SMILES string of the molecule is COCc1ccc(CC(C)Br)o1. The van der Waals surface area contributed by atoms with Crippen LogP contribution in [0.2, 0.25) is 0 Å². The number of methoxy groups -OCH3 is 1. The molecule has 0 amide bonds. The van der Waals surface area contributed by atoms with Crippen molar-refractivity contribution in [3.8, 4) is 0 Å². The second kappa shape index (κ2) is 4.67. The molecule has 2 nitrogen and oxygen atoms in total. The van der Waals surface area contributed by atoms with E-state index in [0.717, 1.165) is 17.9 Å². The highest BCUT2D eigenvalue weighted by Gasteiger charge is 2.04. The van der Waals surface area contributed by atoms with Crippen LogP contribution in [0.15, 0.2) is 16.5 Å².